The molecule has 1 amide bonds. The van der Waals surface area contributed by atoms with E-state index in [0.29, 0.717) is 27.0 Å². The lowest BCUT2D eigenvalue weighted by molar-refractivity contribution is -0.115. The van der Waals surface area contributed by atoms with Crippen LogP contribution >= 0.6 is 35.1 Å². The van der Waals surface area contributed by atoms with Gasteiger partial charge in [-0.1, -0.05) is 35.3 Å². The van der Waals surface area contributed by atoms with Crippen LogP contribution in [0.25, 0.3) is 6.08 Å². The number of nitrogens with one attached hydrogen (secondary N) is 2. The first kappa shape index (κ1) is 17.5. The molecule has 0 saturated heterocycles. The summed E-state index contributed by atoms with van der Waals surface area (Å²) in [6.07, 6.45) is 9.87. The van der Waals surface area contributed by atoms with Gasteiger partial charge in [-0.05, 0) is 47.9 Å². The molecular weight excluding hydrogens is 353 g/mol. The first-order chi connectivity index (χ1) is 11.0. The van der Waals surface area contributed by atoms with Gasteiger partial charge in [0.1, 0.15) is 5.71 Å². The Kier molecular flexibility index (Phi) is 6.21. The average Bonchev–Trinajstić information content (AvgIpc) is 2.50. The minimum Gasteiger partial charge on any atom is -0.321 e. The molecule has 0 aliphatic heterocycles. The van der Waals surface area contributed by atoms with Crippen LogP contribution in [-0.2, 0) is 4.79 Å². The molecule has 1 aliphatic rings. The summed E-state index contributed by atoms with van der Waals surface area (Å²) in [7, 11) is 0. The third kappa shape index (κ3) is 4.82. The van der Waals surface area contributed by atoms with E-state index >= 15 is 0 Å². The zero-order chi connectivity index (χ0) is 16.8. The molecule has 118 valence electrons. The standard InChI is InChI=1S/C16H13Cl2N3OS/c1-23-21-14-4-2-3-13(16(14)19)20-15(22)8-6-10-5-7-11(17)9-12(10)18/h2-9,19H,1H3,(H,20,22)/b8-6-,19-16?,21-14-. The third-order valence-electron chi connectivity index (χ3n) is 2.87. The minimum atomic E-state index is -0.356. The molecule has 0 spiro atoms. The van der Waals surface area contributed by atoms with Crippen molar-refractivity contribution >= 4 is 58.6 Å². The van der Waals surface area contributed by atoms with E-state index in [1.165, 1.54) is 18.0 Å². The molecule has 23 heavy (non-hydrogen) atoms. The van der Waals surface area contributed by atoms with Gasteiger partial charge in [0, 0.05) is 22.4 Å². The number of amides is 1. The van der Waals surface area contributed by atoms with Crippen molar-refractivity contribution in [3.63, 3.8) is 0 Å². The number of carbonyl (C=O) groups excluding carboxylic acids is 1. The van der Waals surface area contributed by atoms with Gasteiger partial charge >= 0.3 is 0 Å². The van der Waals surface area contributed by atoms with Crippen molar-refractivity contribution in [2.75, 3.05) is 6.26 Å². The van der Waals surface area contributed by atoms with Crippen LogP contribution in [0.2, 0.25) is 10.0 Å². The normalized spacial score (nSPS) is 16.0. The molecule has 1 aromatic carbocycles. The Hall–Kier alpha value is -1.82. The molecule has 2 N–H and O–H groups in total. The van der Waals surface area contributed by atoms with Gasteiger partial charge in [0.15, 0.2) is 0 Å². The quantitative estimate of drug-likeness (QED) is 0.474. The first-order valence-electron chi connectivity index (χ1n) is 6.54. The highest BCUT2D eigenvalue weighted by Crippen LogP contribution is 2.21. The zero-order valence-corrected chi connectivity index (χ0v) is 14.5. The van der Waals surface area contributed by atoms with E-state index in [1.54, 1.807) is 42.5 Å². The Bertz CT molecular complexity index is 767. The summed E-state index contributed by atoms with van der Waals surface area (Å²) in [5.74, 6) is -0.356. The second kappa shape index (κ2) is 8.15. The number of hydrogen-bond donors (Lipinski definition) is 2. The molecule has 2 rings (SSSR count). The molecule has 1 aliphatic carbocycles. The summed E-state index contributed by atoms with van der Waals surface area (Å²) in [6, 6.07) is 5.03. The number of benzene rings is 1. The van der Waals surface area contributed by atoms with E-state index in [9.17, 15) is 4.79 Å². The lowest BCUT2D eigenvalue weighted by Gasteiger charge is -2.12. The van der Waals surface area contributed by atoms with Crippen molar-refractivity contribution in [2.24, 2.45) is 4.40 Å². The van der Waals surface area contributed by atoms with E-state index in [1.807, 2.05) is 6.26 Å². The van der Waals surface area contributed by atoms with Gasteiger partial charge < -0.3 is 5.32 Å². The number of nitrogens with zero attached hydrogens (tertiary/aromatic N) is 1. The highest BCUT2D eigenvalue weighted by Gasteiger charge is 2.14. The number of hydrogen-bond acceptors (Lipinski definition) is 4. The molecule has 0 bridgehead atoms. The monoisotopic (exact) mass is 365 g/mol. The second-order valence-electron chi connectivity index (χ2n) is 4.46. The fourth-order valence-electron chi connectivity index (χ4n) is 1.80. The van der Waals surface area contributed by atoms with Crippen molar-refractivity contribution < 1.29 is 4.79 Å². The average molecular weight is 366 g/mol. The van der Waals surface area contributed by atoms with Crippen LogP contribution in [0.1, 0.15) is 5.56 Å². The molecule has 4 nitrogen and oxygen atoms in total. The van der Waals surface area contributed by atoms with Gasteiger partial charge in [-0.3, -0.25) is 10.2 Å². The molecular formula is C16H13Cl2N3OS. The van der Waals surface area contributed by atoms with Gasteiger partial charge in [0.25, 0.3) is 0 Å². The first-order valence-corrected chi connectivity index (χ1v) is 8.48. The molecule has 0 atom stereocenters. The minimum absolute atomic E-state index is 0.174. The van der Waals surface area contributed by atoms with Crippen molar-refractivity contribution in [3.05, 3.63) is 63.8 Å². The molecule has 0 saturated carbocycles. The number of rotatable bonds is 4. The van der Waals surface area contributed by atoms with Crippen LogP contribution in [0.15, 0.2) is 52.6 Å². The van der Waals surface area contributed by atoms with Crippen molar-refractivity contribution in [1.82, 2.24) is 5.32 Å². The van der Waals surface area contributed by atoms with Crippen molar-refractivity contribution in [2.45, 2.75) is 0 Å². The summed E-state index contributed by atoms with van der Waals surface area (Å²) < 4.78 is 4.12. The van der Waals surface area contributed by atoms with Crippen LogP contribution in [0.4, 0.5) is 0 Å². The fraction of sp³-hybridized carbons (Fsp3) is 0.0625. The summed E-state index contributed by atoms with van der Waals surface area (Å²) in [6.45, 7) is 0. The number of carbonyl (C=O) groups is 1. The summed E-state index contributed by atoms with van der Waals surface area (Å²) in [5, 5.41) is 11.7. The van der Waals surface area contributed by atoms with Gasteiger partial charge in [0.2, 0.25) is 5.91 Å². The fourth-order valence-corrected chi connectivity index (χ4v) is 2.62. The summed E-state index contributed by atoms with van der Waals surface area (Å²) >= 11 is 13.1. The maximum absolute atomic E-state index is 12.0. The van der Waals surface area contributed by atoms with Crippen molar-refractivity contribution in [1.29, 1.82) is 5.41 Å². The van der Waals surface area contributed by atoms with Crippen LogP contribution in [0, 0.1) is 5.41 Å². The van der Waals surface area contributed by atoms with E-state index in [0.717, 1.165) is 0 Å². The van der Waals surface area contributed by atoms with Crippen LogP contribution in [0.5, 0.6) is 0 Å². The Morgan fingerprint density at radius 2 is 2.17 bits per heavy atom. The largest absolute Gasteiger partial charge is 0.321 e. The predicted octanol–water partition coefficient (Wildman–Crippen LogP) is 4.32. The predicted molar refractivity (Wildman–Crippen MR) is 99.5 cm³/mol. The maximum atomic E-state index is 12.0. The molecule has 0 aromatic heterocycles. The van der Waals surface area contributed by atoms with E-state index in [2.05, 4.69) is 9.71 Å². The van der Waals surface area contributed by atoms with Crippen LogP contribution in [0.3, 0.4) is 0 Å². The highest BCUT2D eigenvalue weighted by atomic mass is 35.5. The summed E-state index contributed by atoms with van der Waals surface area (Å²) in [5.41, 5.74) is 1.77. The van der Waals surface area contributed by atoms with Crippen LogP contribution in [-0.4, -0.2) is 23.6 Å². The summed E-state index contributed by atoms with van der Waals surface area (Å²) in [4.78, 5) is 12.0. The van der Waals surface area contributed by atoms with E-state index in [4.69, 9.17) is 28.6 Å². The van der Waals surface area contributed by atoms with Gasteiger partial charge in [0.05, 0.1) is 11.4 Å². The smallest absolute Gasteiger partial charge is 0.248 e. The molecule has 1 aromatic rings. The molecule has 0 unspecified atom stereocenters. The molecule has 0 radical (unpaired) electrons. The van der Waals surface area contributed by atoms with Crippen LogP contribution < -0.4 is 5.32 Å². The van der Waals surface area contributed by atoms with Gasteiger partial charge in [-0.15, -0.1) is 0 Å². The van der Waals surface area contributed by atoms with Crippen molar-refractivity contribution in [3.8, 4) is 0 Å². The van der Waals surface area contributed by atoms with E-state index < -0.39 is 0 Å². The SMILES string of the molecule is CS/N=C1/C=CC=C(NC(=O)/C=C\c2ccc(Cl)cc2Cl)C1=N. The molecule has 0 heterocycles. The highest BCUT2D eigenvalue weighted by molar-refractivity contribution is 7.97. The molecule has 7 heteroatoms. The van der Waals surface area contributed by atoms with Gasteiger partial charge in [-0.25, -0.2) is 4.40 Å². The lowest BCUT2D eigenvalue weighted by Crippen LogP contribution is -2.30. The zero-order valence-electron chi connectivity index (χ0n) is 12.1. The number of halogens is 2. The topological polar surface area (TPSA) is 65.3 Å². The Labute approximate surface area is 148 Å². The maximum Gasteiger partial charge on any atom is 0.248 e. The third-order valence-corrected chi connectivity index (χ3v) is 3.81. The molecule has 0 fully saturated rings. The second-order valence-corrected chi connectivity index (χ2v) is 5.85. The Morgan fingerprint density at radius 1 is 1.39 bits per heavy atom. The van der Waals surface area contributed by atoms with Gasteiger partial charge in [-0.2, -0.15) is 0 Å². The lowest BCUT2D eigenvalue weighted by atomic mass is 10.1. The Morgan fingerprint density at radius 3 is 2.87 bits per heavy atom. The Balaban J connectivity index is 2.06. The van der Waals surface area contributed by atoms with E-state index in [-0.39, 0.29) is 11.6 Å². The number of allylic oxidation sites excluding steroid dienone is 4.